The van der Waals surface area contributed by atoms with Crippen LogP contribution in [0.25, 0.3) is 11.1 Å². The highest BCUT2D eigenvalue weighted by atomic mass is 16.5. The van der Waals surface area contributed by atoms with E-state index in [1.54, 1.807) is 0 Å². The zero-order valence-corrected chi connectivity index (χ0v) is 19.4. The fraction of sp³-hybridized carbons (Fsp3) is 0.259. The Morgan fingerprint density at radius 3 is 2.34 bits per heavy atom. The molecule has 1 aliphatic rings. The Balaban J connectivity index is 1.20. The lowest BCUT2D eigenvalue weighted by molar-refractivity contribution is -0.117. The highest BCUT2D eigenvalue weighted by molar-refractivity contribution is 5.93. The molecular formula is C27H27N3O5. The van der Waals surface area contributed by atoms with E-state index in [-0.39, 0.29) is 36.3 Å². The van der Waals surface area contributed by atoms with Gasteiger partial charge in [-0.15, -0.1) is 0 Å². The number of fused-ring (bicyclic) bond motifs is 3. The summed E-state index contributed by atoms with van der Waals surface area (Å²) in [7, 11) is 0. The van der Waals surface area contributed by atoms with Gasteiger partial charge in [0.25, 0.3) is 0 Å². The second-order valence-corrected chi connectivity index (χ2v) is 8.67. The van der Waals surface area contributed by atoms with Crippen molar-refractivity contribution in [3.8, 4) is 11.1 Å². The van der Waals surface area contributed by atoms with Gasteiger partial charge in [-0.3, -0.25) is 9.78 Å². The Hall–Kier alpha value is -4.20. The molecule has 2 aromatic carbocycles. The molecule has 35 heavy (non-hydrogen) atoms. The van der Waals surface area contributed by atoms with Crippen LogP contribution in [-0.4, -0.2) is 41.2 Å². The predicted octanol–water partition coefficient (Wildman–Crippen LogP) is 4.67. The molecule has 8 heteroatoms. The molecule has 0 saturated heterocycles. The fourth-order valence-corrected chi connectivity index (χ4v) is 4.33. The van der Waals surface area contributed by atoms with Crippen molar-refractivity contribution in [2.45, 2.75) is 25.7 Å². The van der Waals surface area contributed by atoms with Crippen LogP contribution in [0.4, 0.5) is 10.5 Å². The Bertz CT molecular complexity index is 1200. The number of benzene rings is 2. The number of amides is 2. The number of ether oxygens (including phenoxy) is 1. The summed E-state index contributed by atoms with van der Waals surface area (Å²) < 4.78 is 5.53. The number of carboxylic acid groups (broad SMARTS) is 1. The van der Waals surface area contributed by atoms with Crippen LogP contribution in [0.2, 0.25) is 0 Å². The number of carboxylic acids is 1. The third-order valence-electron chi connectivity index (χ3n) is 6.05. The highest BCUT2D eigenvalue weighted by Gasteiger charge is 2.29. The minimum atomic E-state index is -1.11. The number of aromatic carboxylic acids is 1. The SMILES string of the molecule is CC(CCNC(=O)OCC1c2ccccc2-c2ccccc21)CC(=O)Nc1cncc(C(=O)O)c1. The topological polar surface area (TPSA) is 118 Å². The van der Waals surface area contributed by atoms with Crippen molar-refractivity contribution >= 4 is 23.7 Å². The summed E-state index contributed by atoms with van der Waals surface area (Å²) in [5, 5.41) is 14.4. The lowest BCUT2D eigenvalue weighted by Gasteiger charge is -2.15. The molecule has 1 unspecified atom stereocenters. The third-order valence-corrected chi connectivity index (χ3v) is 6.05. The number of pyridine rings is 1. The third kappa shape index (κ3) is 5.84. The van der Waals surface area contributed by atoms with Crippen LogP contribution in [-0.2, 0) is 9.53 Å². The minimum Gasteiger partial charge on any atom is -0.478 e. The van der Waals surface area contributed by atoms with Crippen LogP contribution in [0, 0.1) is 5.92 Å². The average Bonchev–Trinajstić information content (AvgIpc) is 3.16. The molecule has 1 atom stereocenters. The highest BCUT2D eigenvalue weighted by Crippen LogP contribution is 2.44. The molecule has 4 rings (SSSR count). The molecule has 0 bridgehead atoms. The summed E-state index contributed by atoms with van der Waals surface area (Å²) in [5.74, 6) is -1.35. The molecule has 1 heterocycles. The zero-order valence-electron chi connectivity index (χ0n) is 19.4. The maximum atomic E-state index is 12.3. The fourth-order valence-electron chi connectivity index (χ4n) is 4.33. The van der Waals surface area contributed by atoms with Crippen molar-refractivity contribution in [2.75, 3.05) is 18.5 Å². The van der Waals surface area contributed by atoms with Gasteiger partial charge in [-0.2, -0.15) is 0 Å². The van der Waals surface area contributed by atoms with Crippen LogP contribution in [0.3, 0.4) is 0 Å². The van der Waals surface area contributed by atoms with Crippen molar-refractivity contribution in [1.29, 1.82) is 0 Å². The summed E-state index contributed by atoms with van der Waals surface area (Å²) in [6.45, 7) is 2.54. The van der Waals surface area contributed by atoms with Crippen molar-refractivity contribution in [1.82, 2.24) is 10.3 Å². The van der Waals surface area contributed by atoms with E-state index in [1.165, 1.54) is 29.6 Å². The van der Waals surface area contributed by atoms with Crippen LogP contribution < -0.4 is 10.6 Å². The first-order valence-corrected chi connectivity index (χ1v) is 11.5. The number of hydrogen-bond acceptors (Lipinski definition) is 5. The number of alkyl carbamates (subject to hydrolysis) is 1. The first-order chi connectivity index (χ1) is 16.9. The summed E-state index contributed by atoms with van der Waals surface area (Å²) in [6, 6.07) is 17.7. The van der Waals surface area contributed by atoms with E-state index in [0.717, 1.165) is 11.1 Å². The molecule has 0 fully saturated rings. The van der Waals surface area contributed by atoms with Crippen molar-refractivity contribution in [2.24, 2.45) is 5.92 Å². The van der Waals surface area contributed by atoms with Gasteiger partial charge in [-0.25, -0.2) is 9.59 Å². The Morgan fingerprint density at radius 1 is 1.03 bits per heavy atom. The molecular weight excluding hydrogens is 446 g/mol. The number of rotatable bonds is 9. The van der Waals surface area contributed by atoms with E-state index in [2.05, 4.69) is 39.9 Å². The van der Waals surface area contributed by atoms with Crippen LogP contribution >= 0.6 is 0 Å². The van der Waals surface area contributed by atoms with Gasteiger partial charge in [0.2, 0.25) is 5.91 Å². The first-order valence-electron chi connectivity index (χ1n) is 11.5. The minimum absolute atomic E-state index is 0.000462. The number of nitrogens with zero attached hydrogens (tertiary/aromatic N) is 1. The lowest BCUT2D eigenvalue weighted by Crippen LogP contribution is -2.28. The van der Waals surface area contributed by atoms with E-state index in [1.807, 2.05) is 31.2 Å². The van der Waals surface area contributed by atoms with E-state index in [4.69, 9.17) is 9.84 Å². The Morgan fingerprint density at radius 2 is 1.69 bits per heavy atom. The number of hydrogen-bond donors (Lipinski definition) is 3. The van der Waals surface area contributed by atoms with Crippen LogP contribution in [0.15, 0.2) is 67.0 Å². The van der Waals surface area contributed by atoms with E-state index < -0.39 is 12.1 Å². The van der Waals surface area contributed by atoms with Gasteiger partial charge in [0.15, 0.2) is 0 Å². The van der Waals surface area contributed by atoms with Crippen molar-refractivity contribution in [3.63, 3.8) is 0 Å². The maximum Gasteiger partial charge on any atom is 0.407 e. The number of carbonyl (C=O) groups excluding carboxylic acids is 2. The molecule has 1 aromatic heterocycles. The van der Waals surface area contributed by atoms with E-state index in [0.29, 0.717) is 18.7 Å². The molecule has 1 aliphatic carbocycles. The van der Waals surface area contributed by atoms with Gasteiger partial charge < -0.3 is 20.5 Å². The van der Waals surface area contributed by atoms with Gasteiger partial charge in [0.05, 0.1) is 17.4 Å². The van der Waals surface area contributed by atoms with Gasteiger partial charge in [0.1, 0.15) is 6.61 Å². The largest absolute Gasteiger partial charge is 0.478 e. The lowest BCUT2D eigenvalue weighted by atomic mass is 9.98. The number of anilines is 1. The van der Waals surface area contributed by atoms with E-state index in [9.17, 15) is 14.4 Å². The number of carbonyl (C=O) groups is 3. The van der Waals surface area contributed by atoms with E-state index >= 15 is 0 Å². The summed E-state index contributed by atoms with van der Waals surface area (Å²) >= 11 is 0. The second kappa shape index (κ2) is 10.8. The normalized spacial score (nSPS) is 12.8. The number of nitrogens with one attached hydrogen (secondary N) is 2. The molecule has 0 aliphatic heterocycles. The Labute approximate surface area is 203 Å². The van der Waals surface area contributed by atoms with Gasteiger partial charge in [0, 0.05) is 25.1 Å². The quantitative estimate of drug-likeness (QED) is 0.416. The average molecular weight is 474 g/mol. The molecule has 0 spiro atoms. The van der Waals surface area contributed by atoms with Crippen molar-refractivity contribution in [3.05, 3.63) is 83.7 Å². The van der Waals surface area contributed by atoms with Crippen molar-refractivity contribution < 1.29 is 24.2 Å². The molecule has 3 aromatic rings. The smallest absolute Gasteiger partial charge is 0.407 e. The maximum absolute atomic E-state index is 12.3. The summed E-state index contributed by atoms with van der Waals surface area (Å²) in [6.07, 6.45) is 2.94. The van der Waals surface area contributed by atoms with Gasteiger partial charge >= 0.3 is 12.1 Å². The Kier molecular flexibility index (Phi) is 7.40. The summed E-state index contributed by atoms with van der Waals surface area (Å²) in [5.41, 5.74) is 5.00. The molecule has 180 valence electrons. The first kappa shape index (κ1) is 23.9. The molecule has 2 amide bonds. The molecule has 0 radical (unpaired) electrons. The van der Waals surface area contributed by atoms with Crippen LogP contribution in [0.1, 0.15) is 47.2 Å². The zero-order chi connectivity index (χ0) is 24.8. The predicted molar refractivity (Wildman–Crippen MR) is 131 cm³/mol. The number of aromatic nitrogens is 1. The molecule has 8 nitrogen and oxygen atoms in total. The molecule has 0 saturated carbocycles. The van der Waals surface area contributed by atoms with Crippen LogP contribution in [0.5, 0.6) is 0 Å². The second-order valence-electron chi connectivity index (χ2n) is 8.67. The summed E-state index contributed by atoms with van der Waals surface area (Å²) in [4.78, 5) is 39.4. The molecule has 3 N–H and O–H groups in total. The monoisotopic (exact) mass is 473 g/mol. The standard InChI is InChI=1S/C27H27N3O5/c1-17(12-25(31)30-19-13-18(26(32)33)14-28-15-19)10-11-29-27(34)35-16-24-22-8-4-2-6-20(22)21-7-3-5-9-23(21)24/h2-9,13-15,17,24H,10-12,16H2,1H3,(H,29,34)(H,30,31)(H,32,33). The van der Waals surface area contributed by atoms with Gasteiger partial charge in [-0.05, 0) is 40.7 Å². The van der Waals surface area contributed by atoms with Gasteiger partial charge in [-0.1, -0.05) is 55.5 Å².